The van der Waals surface area contributed by atoms with E-state index < -0.39 is 5.97 Å². The molecule has 5 heteroatoms. The van der Waals surface area contributed by atoms with Crippen molar-refractivity contribution in [2.45, 2.75) is 12.8 Å². The van der Waals surface area contributed by atoms with Gasteiger partial charge in [0, 0.05) is 50.6 Å². The number of carbonyl (C=O) groups is 2. The van der Waals surface area contributed by atoms with Crippen LogP contribution < -0.4 is 5.32 Å². The predicted octanol–water partition coefficient (Wildman–Crippen LogP) is 1.26. The van der Waals surface area contributed by atoms with E-state index in [1.165, 1.54) is 0 Å². The maximum atomic E-state index is 12.6. The fourth-order valence-corrected chi connectivity index (χ4v) is 2.65. The van der Waals surface area contributed by atoms with Crippen molar-refractivity contribution >= 4 is 11.8 Å². The van der Waals surface area contributed by atoms with E-state index in [2.05, 4.69) is 10.2 Å². The van der Waals surface area contributed by atoms with Crippen LogP contribution in [-0.2, 0) is 4.79 Å². The van der Waals surface area contributed by atoms with Gasteiger partial charge in [-0.1, -0.05) is 30.3 Å². The first-order valence-electron chi connectivity index (χ1n) is 7.41. The number of benzene rings is 1. The molecule has 0 radical (unpaired) electrons. The van der Waals surface area contributed by atoms with Crippen LogP contribution in [0.2, 0.25) is 0 Å². The monoisotopic (exact) mass is 290 g/mol. The summed E-state index contributed by atoms with van der Waals surface area (Å²) in [4.78, 5) is 25.7. The number of carboxylic acids is 1. The van der Waals surface area contributed by atoms with Crippen LogP contribution in [-0.4, -0.2) is 54.5 Å². The molecule has 1 aromatic rings. The van der Waals surface area contributed by atoms with Crippen LogP contribution in [0.25, 0.3) is 0 Å². The number of carboxylic acid groups (broad SMARTS) is 1. The molecule has 114 valence electrons. The topological polar surface area (TPSA) is 69.6 Å². The Labute approximate surface area is 125 Å². The summed E-state index contributed by atoms with van der Waals surface area (Å²) < 4.78 is 0. The van der Waals surface area contributed by atoms with E-state index in [-0.39, 0.29) is 18.1 Å². The van der Waals surface area contributed by atoms with Gasteiger partial charge in [0.05, 0.1) is 0 Å². The normalized spacial score (nSPS) is 17.3. The third-order valence-corrected chi connectivity index (χ3v) is 3.82. The number of piperazine rings is 1. The Hall–Kier alpha value is -1.72. The van der Waals surface area contributed by atoms with Gasteiger partial charge in [0.1, 0.15) is 0 Å². The summed E-state index contributed by atoms with van der Waals surface area (Å²) in [6, 6.07) is 9.15. The maximum Gasteiger partial charge on any atom is 0.303 e. The SMILES string of the molecule is O=C(O)CCC(CN1CCNCC1)C(=O)c1ccccc1. The van der Waals surface area contributed by atoms with Gasteiger partial charge in [-0.25, -0.2) is 0 Å². The molecule has 21 heavy (non-hydrogen) atoms. The second-order valence-corrected chi connectivity index (χ2v) is 5.41. The Kier molecular flexibility index (Phi) is 5.90. The minimum atomic E-state index is -0.846. The van der Waals surface area contributed by atoms with E-state index in [9.17, 15) is 9.59 Å². The summed E-state index contributed by atoms with van der Waals surface area (Å²) >= 11 is 0. The lowest BCUT2D eigenvalue weighted by atomic mass is 9.92. The van der Waals surface area contributed by atoms with Gasteiger partial charge >= 0.3 is 5.97 Å². The highest BCUT2D eigenvalue weighted by Crippen LogP contribution is 2.16. The largest absolute Gasteiger partial charge is 0.481 e. The third kappa shape index (κ3) is 4.95. The second kappa shape index (κ2) is 7.90. The van der Waals surface area contributed by atoms with E-state index >= 15 is 0 Å². The van der Waals surface area contributed by atoms with Crippen molar-refractivity contribution < 1.29 is 14.7 Å². The quantitative estimate of drug-likeness (QED) is 0.740. The number of rotatable bonds is 7. The number of hydrogen-bond acceptors (Lipinski definition) is 4. The van der Waals surface area contributed by atoms with Crippen LogP contribution in [0.15, 0.2) is 30.3 Å². The molecule has 2 N–H and O–H groups in total. The number of Topliss-reactive ketones (excluding diaryl/α,β-unsaturated/α-hetero) is 1. The van der Waals surface area contributed by atoms with Gasteiger partial charge in [0.2, 0.25) is 0 Å². The number of hydrogen-bond donors (Lipinski definition) is 2. The molecule has 0 spiro atoms. The smallest absolute Gasteiger partial charge is 0.303 e. The van der Waals surface area contributed by atoms with E-state index in [0.29, 0.717) is 18.5 Å². The molecule has 1 aliphatic heterocycles. The number of carbonyl (C=O) groups excluding carboxylic acids is 1. The first-order valence-corrected chi connectivity index (χ1v) is 7.41. The fraction of sp³-hybridized carbons (Fsp3) is 0.500. The van der Waals surface area contributed by atoms with E-state index in [4.69, 9.17) is 5.11 Å². The molecular formula is C16H22N2O3. The number of nitrogens with one attached hydrogen (secondary N) is 1. The summed E-state index contributed by atoms with van der Waals surface area (Å²) in [6.07, 6.45) is 0.433. The first-order chi connectivity index (χ1) is 10.2. The minimum Gasteiger partial charge on any atom is -0.481 e. The van der Waals surface area contributed by atoms with Gasteiger partial charge in [-0.3, -0.25) is 9.59 Å². The molecule has 2 rings (SSSR count). The zero-order valence-corrected chi connectivity index (χ0v) is 12.1. The highest BCUT2D eigenvalue weighted by molar-refractivity contribution is 5.98. The number of aliphatic carboxylic acids is 1. The summed E-state index contributed by atoms with van der Waals surface area (Å²) in [5.74, 6) is -1.04. The Morgan fingerprint density at radius 1 is 1.19 bits per heavy atom. The molecule has 0 bridgehead atoms. The van der Waals surface area contributed by atoms with Crippen LogP contribution in [0.5, 0.6) is 0 Å². The van der Waals surface area contributed by atoms with Crippen molar-refractivity contribution in [3.05, 3.63) is 35.9 Å². The fourth-order valence-electron chi connectivity index (χ4n) is 2.65. The Bertz CT molecular complexity index is 470. The molecule has 1 atom stereocenters. The number of nitrogens with zero attached hydrogens (tertiary/aromatic N) is 1. The molecule has 0 aliphatic carbocycles. The van der Waals surface area contributed by atoms with Crippen molar-refractivity contribution in [2.24, 2.45) is 5.92 Å². The minimum absolute atomic E-state index is 0.0370. The average molecular weight is 290 g/mol. The van der Waals surface area contributed by atoms with Gasteiger partial charge in [0.15, 0.2) is 5.78 Å². The van der Waals surface area contributed by atoms with E-state index in [1.807, 2.05) is 18.2 Å². The van der Waals surface area contributed by atoms with Crippen LogP contribution in [0.4, 0.5) is 0 Å². The molecule has 1 fully saturated rings. The maximum absolute atomic E-state index is 12.6. The zero-order valence-electron chi connectivity index (χ0n) is 12.1. The van der Waals surface area contributed by atoms with Crippen molar-refractivity contribution in [3.63, 3.8) is 0 Å². The molecule has 5 nitrogen and oxygen atoms in total. The Morgan fingerprint density at radius 3 is 2.48 bits per heavy atom. The van der Waals surface area contributed by atoms with Gasteiger partial charge in [-0.15, -0.1) is 0 Å². The summed E-state index contributed by atoms with van der Waals surface area (Å²) in [7, 11) is 0. The van der Waals surface area contributed by atoms with Gasteiger partial charge < -0.3 is 15.3 Å². The van der Waals surface area contributed by atoms with Gasteiger partial charge in [-0.05, 0) is 6.42 Å². The predicted molar refractivity (Wildman–Crippen MR) is 80.4 cm³/mol. The van der Waals surface area contributed by atoms with Crippen LogP contribution >= 0.6 is 0 Å². The number of ketones is 1. The Morgan fingerprint density at radius 2 is 1.86 bits per heavy atom. The highest BCUT2D eigenvalue weighted by atomic mass is 16.4. The highest BCUT2D eigenvalue weighted by Gasteiger charge is 2.24. The molecule has 1 unspecified atom stereocenters. The summed E-state index contributed by atoms with van der Waals surface area (Å²) in [6.45, 7) is 4.30. The van der Waals surface area contributed by atoms with Gasteiger partial charge in [-0.2, -0.15) is 0 Å². The van der Waals surface area contributed by atoms with E-state index in [0.717, 1.165) is 26.2 Å². The van der Waals surface area contributed by atoms with Crippen molar-refractivity contribution in [1.82, 2.24) is 10.2 Å². The average Bonchev–Trinajstić information content (AvgIpc) is 2.52. The second-order valence-electron chi connectivity index (χ2n) is 5.41. The summed E-state index contributed by atoms with van der Waals surface area (Å²) in [5.41, 5.74) is 0.669. The molecule has 1 aliphatic rings. The molecule has 1 aromatic carbocycles. The van der Waals surface area contributed by atoms with Crippen molar-refractivity contribution in [3.8, 4) is 0 Å². The van der Waals surface area contributed by atoms with E-state index in [1.54, 1.807) is 12.1 Å². The first kappa shape index (κ1) is 15.7. The third-order valence-electron chi connectivity index (χ3n) is 3.82. The zero-order chi connectivity index (χ0) is 15.1. The summed E-state index contributed by atoms with van der Waals surface area (Å²) in [5, 5.41) is 12.2. The Balaban J connectivity index is 2.03. The molecule has 0 aromatic heterocycles. The van der Waals surface area contributed by atoms with Crippen LogP contribution in [0, 0.1) is 5.92 Å². The molecular weight excluding hydrogens is 268 g/mol. The lowest BCUT2D eigenvalue weighted by molar-refractivity contribution is -0.137. The van der Waals surface area contributed by atoms with Gasteiger partial charge in [0.25, 0.3) is 0 Å². The van der Waals surface area contributed by atoms with Crippen molar-refractivity contribution in [2.75, 3.05) is 32.7 Å². The van der Waals surface area contributed by atoms with Crippen molar-refractivity contribution in [1.29, 1.82) is 0 Å². The molecule has 1 heterocycles. The lowest BCUT2D eigenvalue weighted by Crippen LogP contribution is -2.46. The van der Waals surface area contributed by atoms with Crippen LogP contribution in [0.3, 0.4) is 0 Å². The molecule has 0 saturated carbocycles. The lowest BCUT2D eigenvalue weighted by Gasteiger charge is -2.30. The molecule has 1 saturated heterocycles. The standard InChI is InChI=1S/C16H22N2O3/c19-15(20)7-6-14(12-18-10-8-17-9-11-18)16(21)13-4-2-1-3-5-13/h1-5,14,17H,6-12H2,(H,19,20). The van der Waals surface area contributed by atoms with Crippen LogP contribution in [0.1, 0.15) is 23.2 Å². The molecule has 0 amide bonds.